The number of esters is 1. The minimum Gasteiger partial charge on any atom is -0.452 e. The van der Waals surface area contributed by atoms with Crippen molar-refractivity contribution in [2.45, 2.75) is 63.3 Å². The molecule has 0 radical (unpaired) electrons. The second kappa shape index (κ2) is 9.98. The standard InChI is InChI=1S/C17H25NO3S2/c1-13(17(20)18-14-7-4-2-3-5-8-14)21-16(19)12-22-11-15-9-6-10-23-15/h6,9-10,13-14H,2-5,7-8,11-12H2,1H3,(H,18,20)/t13-/m0/s1. The molecule has 1 aromatic heterocycles. The van der Waals surface area contributed by atoms with Gasteiger partial charge in [0.25, 0.3) is 5.91 Å². The summed E-state index contributed by atoms with van der Waals surface area (Å²) in [6.45, 7) is 1.65. The average Bonchev–Trinajstić information content (AvgIpc) is 2.90. The van der Waals surface area contributed by atoms with E-state index in [4.69, 9.17) is 4.74 Å². The minimum absolute atomic E-state index is 0.173. The van der Waals surface area contributed by atoms with Crippen molar-refractivity contribution in [3.8, 4) is 0 Å². The molecule has 6 heteroatoms. The third-order valence-electron chi connectivity index (χ3n) is 3.92. The molecular formula is C17H25NO3S2. The van der Waals surface area contributed by atoms with Crippen molar-refractivity contribution in [1.82, 2.24) is 5.32 Å². The zero-order chi connectivity index (χ0) is 16.5. The maximum atomic E-state index is 12.1. The van der Waals surface area contributed by atoms with Gasteiger partial charge in [-0.2, -0.15) is 0 Å². The van der Waals surface area contributed by atoms with Gasteiger partial charge < -0.3 is 10.1 Å². The Labute approximate surface area is 146 Å². The number of thioether (sulfide) groups is 1. The van der Waals surface area contributed by atoms with Gasteiger partial charge in [0.2, 0.25) is 0 Å². The molecule has 4 nitrogen and oxygen atoms in total. The van der Waals surface area contributed by atoms with Crippen LogP contribution in [0.4, 0.5) is 0 Å². The van der Waals surface area contributed by atoms with Crippen LogP contribution in [-0.2, 0) is 20.1 Å². The molecule has 1 aromatic rings. The Hall–Kier alpha value is -1.01. The Morgan fingerprint density at radius 1 is 1.35 bits per heavy atom. The van der Waals surface area contributed by atoms with Crippen molar-refractivity contribution in [2.24, 2.45) is 0 Å². The summed E-state index contributed by atoms with van der Waals surface area (Å²) in [5.74, 6) is 0.581. The molecule has 1 aliphatic rings. The van der Waals surface area contributed by atoms with E-state index in [-0.39, 0.29) is 23.7 Å². The molecule has 0 unspecified atom stereocenters. The molecule has 0 bridgehead atoms. The van der Waals surface area contributed by atoms with Crippen molar-refractivity contribution in [2.75, 3.05) is 5.75 Å². The molecule has 1 N–H and O–H groups in total. The molecule has 1 amide bonds. The Morgan fingerprint density at radius 3 is 2.74 bits per heavy atom. The fraction of sp³-hybridized carbons (Fsp3) is 0.647. The van der Waals surface area contributed by atoms with E-state index in [0.29, 0.717) is 0 Å². The molecule has 0 spiro atoms. The molecule has 1 atom stereocenters. The number of ether oxygens (including phenoxy) is 1. The molecule has 23 heavy (non-hydrogen) atoms. The first-order valence-electron chi connectivity index (χ1n) is 8.25. The van der Waals surface area contributed by atoms with Crippen LogP contribution in [0.15, 0.2) is 17.5 Å². The number of nitrogens with one attached hydrogen (secondary N) is 1. The zero-order valence-corrected chi connectivity index (χ0v) is 15.2. The van der Waals surface area contributed by atoms with Crippen LogP contribution in [-0.4, -0.2) is 29.8 Å². The van der Waals surface area contributed by atoms with Crippen LogP contribution in [0.3, 0.4) is 0 Å². The van der Waals surface area contributed by atoms with E-state index in [2.05, 4.69) is 5.32 Å². The van der Waals surface area contributed by atoms with Crippen molar-refractivity contribution < 1.29 is 14.3 Å². The summed E-state index contributed by atoms with van der Waals surface area (Å²) in [5.41, 5.74) is 0. The van der Waals surface area contributed by atoms with Crippen LogP contribution < -0.4 is 5.32 Å². The molecule has 128 valence electrons. The predicted octanol–water partition coefficient (Wildman–Crippen LogP) is 3.75. The molecule has 1 saturated carbocycles. The second-order valence-corrected chi connectivity index (χ2v) is 7.92. The van der Waals surface area contributed by atoms with Gasteiger partial charge in [-0.3, -0.25) is 9.59 Å². The van der Waals surface area contributed by atoms with Crippen molar-refractivity contribution in [3.63, 3.8) is 0 Å². The van der Waals surface area contributed by atoms with Crippen LogP contribution in [0.2, 0.25) is 0 Å². The van der Waals surface area contributed by atoms with E-state index in [1.165, 1.54) is 42.3 Å². The summed E-state index contributed by atoms with van der Waals surface area (Å²) in [5, 5.41) is 5.04. The number of hydrogen-bond acceptors (Lipinski definition) is 5. The van der Waals surface area contributed by atoms with Gasteiger partial charge >= 0.3 is 5.97 Å². The summed E-state index contributed by atoms with van der Waals surface area (Å²) in [6.07, 6.45) is 6.17. The maximum absolute atomic E-state index is 12.1. The van der Waals surface area contributed by atoms with Crippen LogP contribution in [0.1, 0.15) is 50.3 Å². The van der Waals surface area contributed by atoms with Gasteiger partial charge in [0.15, 0.2) is 6.10 Å². The van der Waals surface area contributed by atoms with Crippen LogP contribution in [0.25, 0.3) is 0 Å². The van der Waals surface area contributed by atoms with Crippen molar-refractivity contribution in [1.29, 1.82) is 0 Å². The maximum Gasteiger partial charge on any atom is 0.316 e. The summed E-state index contributed by atoms with van der Waals surface area (Å²) >= 11 is 3.19. The summed E-state index contributed by atoms with van der Waals surface area (Å²) < 4.78 is 5.24. The summed E-state index contributed by atoms with van der Waals surface area (Å²) in [4.78, 5) is 25.2. The number of rotatable bonds is 7. The van der Waals surface area contributed by atoms with E-state index in [0.717, 1.165) is 18.6 Å². The third-order valence-corrected chi connectivity index (χ3v) is 5.94. The fourth-order valence-electron chi connectivity index (χ4n) is 2.66. The molecule has 1 heterocycles. The Balaban J connectivity index is 1.64. The molecular weight excluding hydrogens is 330 g/mol. The Morgan fingerprint density at radius 2 is 2.09 bits per heavy atom. The van der Waals surface area contributed by atoms with Gasteiger partial charge in [-0.25, -0.2) is 0 Å². The predicted molar refractivity (Wildman–Crippen MR) is 95.7 cm³/mol. The van der Waals surface area contributed by atoms with E-state index in [9.17, 15) is 9.59 Å². The number of amides is 1. The van der Waals surface area contributed by atoms with E-state index < -0.39 is 6.10 Å². The second-order valence-electron chi connectivity index (χ2n) is 5.90. The van der Waals surface area contributed by atoms with Crippen molar-refractivity contribution >= 4 is 35.0 Å². The van der Waals surface area contributed by atoms with Crippen LogP contribution in [0, 0.1) is 0 Å². The first-order valence-corrected chi connectivity index (χ1v) is 10.3. The monoisotopic (exact) mass is 355 g/mol. The first-order chi connectivity index (χ1) is 11.1. The molecule has 0 saturated heterocycles. The highest BCUT2D eigenvalue weighted by atomic mass is 32.2. The smallest absolute Gasteiger partial charge is 0.316 e. The zero-order valence-electron chi connectivity index (χ0n) is 13.6. The number of hydrogen-bond donors (Lipinski definition) is 1. The van der Waals surface area contributed by atoms with Crippen LogP contribution >= 0.6 is 23.1 Å². The SMILES string of the molecule is C[C@H](OC(=O)CSCc1cccs1)C(=O)NC1CCCCCC1. The molecule has 1 aliphatic carbocycles. The van der Waals surface area contributed by atoms with E-state index in [1.54, 1.807) is 18.3 Å². The van der Waals surface area contributed by atoms with Crippen molar-refractivity contribution in [3.05, 3.63) is 22.4 Å². The van der Waals surface area contributed by atoms with Gasteiger partial charge in [-0.05, 0) is 31.2 Å². The fourth-order valence-corrected chi connectivity index (χ4v) is 4.30. The van der Waals surface area contributed by atoms with E-state index >= 15 is 0 Å². The number of thiophene rings is 1. The topological polar surface area (TPSA) is 55.4 Å². The lowest BCUT2D eigenvalue weighted by molar-refractivity contribution is -0.152. The third kappa shape index (κ3) is 6.96. The Kier molecular flexibility index (Phi) is 7.95. The largest absolute Gasteiger partial charge is 0.452 e. The van der Waals surface area contributed by atoms with Gasteiger partial charge in [0.05, 0.1) is 5.75 Å². The lowest BCUT2D eigenvalue weighted by Crippen LogP contribution is -2.42. The van der Waals surface area contributed by atoms with Gasteiger partial charge in [-0.1, -0.05) is 31.7 Å². The summed E-state index contributed by atoms with van der Waals surface area (Å²) in [6, 6.07) is 4.28. The first kappa shape index (κ1) is 18.3. The molecule has 1 fully saturated rings. The van der Waals surface area contributed by atoms with E-state index in [1.807, 2.05) is 17.5 Å². The highest BCUT2D eigenvalue weighted by Gasteiger charge is 2.21. The Bertz CT molecular complexity index is 482. The molecule has 2 rings (SSSR count). The average molecular weight is 356 g/mol. The quantitative estimate of drug-likeness (QED) is 0.598. The van der Waals surface area contributed by atoms with Crippen LogP contribution in [0.5, 0.6) is 0 Å². The molecule has 0 aromatic carbocycles. The lowest BCUT2D eigenvalue weighted by atomic mass is 10.1. The van der Waals surface area contributed by atoms with Gasteiger partial charge in [0.1, 0.15) is 0 Å². The van der Waals surface area contributed by atoms with Gasteiger partial charge in [-0.15, -0.1) is 23.1 Å². The highest BCUT2D eigenvalue weighted by molar-refractivity contribution is 7.99. The summed E-state index contributed by atoms with van der Waals surface area (Å²) in [7, 11) is 0. The molecule has 0 aliphatic heterocycles. The normalized spacial score (nSPS) is 17.3. The minimum atomic E-state index is -0.715. The highest BCUT2D eigenvalue weighted by Crippen LogP contribution is 2.18. The number of carbonyl (C=O) groups excluding carboxylic acids is 2. The lowest BCUT2D eigenvalue weighted by Gasteiger charge is -2.19. The van der Waals surface area contributed by atoms with Gasteiger partial charge in [0, 0.05) is 16.7 Å². The number of carbonyl (C=O) groups is 2.